The SMILES string of the molecule is O=C1[C@@H]2[C@@H](ON(c3ccccc3)[C@H]2c2ccccc2Cl)C(=O)N1c1ccc([N+](=O)[O-])cc1. The van der Waals surface area contributed by atoms with Crippen LogP contribution < -0.4 is 9.96 Å². The zero-order valence-electron chi connectivity index (χ0n) is 16.5. The number of benzene rings is 3. The highest BCUT2D eigenvalue weighted by Crippen LogP contribution is 2.48. The Kier molecular flexibility index (Phi) is 4.88. The van der Waals surface area contributed by atoms with Gasteiger partial charge in [0.15, 0.2) is 6.10 Å². The number of nitro groups is 1. The van der Waals surface area contributed by atoms with Gasteiger partial charge in [-0.3, -0.25) is 24.5 Å². The first kappa shape index (κ1) is 20.2. The minimum Gasteiger partial charge on any atom is -0.273 e. The molecule has 3 aromatic carbocycles. The lowest BCUT2D eigenvalue weighted by atomic mass is 9.90. The number of carbonyl (C=O) groups is 2. The van der Waals surface area contributed by atoms with E-state index in [1.807, 2.05) is 36.4 Å². The van der Waals surface area contributed by atoms with E-state index in [1.165, 1.54) is 24.3 Å². The molecule has 9 heteroatoms. The van der Waals surface area contributed by atoms with Crippen molar-refractivity contribution in [2.75, 3.05) is 9.96 Å². The molecule has 2 saturated heterocycles. The van der Waals surface area contributed by atoms with Crippen LogP contribution in [0.4, 0.5) is 17.1 Å². The molecule has 2 aliphatic rings. The van der Waals surface area contributed by atoms with Gasteiger partial charge < -0.3 is 0 Å². The summed E-state index contributed by atoms with van der Waals surface area (Å²) in [5, 5.41) is 13.0. The predicted molar refractivity (Wildman–Crippen MR) is 117 cm³/mol. The van der Waals surface area contributed by atoms with Gasteiger partial charge in [0.2, 0.25) is 5.91 Å². The average molecular weight is 450 g/mol. The number of non-ortho nitro benzene ring substituents is 1. The van der Waals surface area contributed by atoms with Crippen molar-refractivity contribution < 1.29 is 19.3 Å². The van der Waals surface area contributed by atoms with Crippen LogP contribution in [0.25, 0.3) is 0 Å². The number of amides is 2. The van der Waals surface area contributed by atoms with Crippen molar-refractivity contribution in [1.29, 1.82) is 0 Å². The number of nitro benzene ring substituents is 1. The molecule has 0 radical (unpaired) electrons. The van der Waals surface area contributed by atoms with Gasteiger partial charge in [0, 0.05) is 17.2 Å². The molecule has 0 saturated carbocycles. The number of fused-ring (bicyclic) bond motifs is 1. The Hall–Kier alpha value is -3.75. The Morgan fingerprint density at radius 2 is 1.50 bits per heavy atom. The van der Waals surface area contributed by atoms with E-state index in [0.717, 1.165) is 4.90 Å². The van der Waals surface area contributed by atoms with E-state index in [4.69, 9.17) is 16.4 Å². The molecule has 0 unspecified atom stereocenters. The maximum Gasteiger partial charge on any atom is 0.269 e. The van der Waals surface area contributed by atoms with E-state index >= 15 is 0 Å². The highest BCUT2D eigenvalue weighted by molar-refractivity contribution is 6.31. The lowest BCUT2D eigenvalue weighted by molar-refractivity contribution is -0.384. The Labute approximate surface area is 187 Å². The van der Waals surface area contributed by atoms with Crippen LogP contribution >= 0.6 is 11.6 Å². The van der Waals surface area contributed by atoms with E-state index in [1.54, 1.807) is 23.3 Å². The van der Waals surface area contributed by atoms with E-state index < -0.39 is 34.8 Å². The second kappa shape index (κ2) is 7.74. The summed E-state index contributed by atoms with van der Waals surface area (Å²) in [5.41, 5.74) is 1.48. The third kappa shape index (κ3) is 3.12. The van der Waals surface area contributed by atoms with Gasteiger partial charge in [-0.25, -0.2) is 9.96 Å². The Morgan fingerprint density at radius 3 is 2.16 bits per heavy atom. The number of halogens is 1. The Balaban J connectivity index is 1.57. The summed E-state index contributed by atoms with van der Waals surface area (Å²) in [7, 11) is 0. The molecular formula is C23H16ClN3O5. The topological polar surface area (TPSA) is 93.0 Å². The van der Waals surface area contributed by atoms with Gasteiger partial charge in [-0.05, 0) is 35.9 Å². The standard InChI is InChI=1S/C23H16ClN3O5/c24-18-9-5-4-8-17(18)20-19-21(32-26(20)15-6-2-1-3-7-15)23(29)25(22(19)28)14-10-12-16(13-11-14)27(30)31/h1-13,19-21H/t19-,20-,21+/m0/s1. The Morgan fingerprint density at radius 1 is 0.844 bits per heavy atom. The van der Waals surface area contributed by atoms with Crippen molar-refractivity contribution in [3.8, 4) is 0 Å². The van der Waals surface area contributed by atoms with E-state index in [-0.39, 0.29) is 11.4 Å². The predicted octanol–water partition coefficient (Wildman–Crippen LogP) is 4.30. The van der Waals surface area contributed by atoms with Crippen LogP contribution in [0.3, 0.4) is 0 Å². The average Bonchev–Trinajstić information content (AvgIpc) is 3.31. The number of nitrogens with zero attached hydrogens (tertiary/aromatic N) is 3. The van der Waals surface area contributed by atoms with Gasteiger partial charge in [-0.2, -0.15) is 0 Å². The van der Waals surface area contributed by atoms with Crippen molar-refractivity contribution in [3.63, 3.8) is 0 Å². The van der Waals surface area contributed by atoms with Crippen LogP contribution in [0.1, 0.15) is 11.6 Å². The van der Waals surface area contributed by atoms with Gasteiger partial charge in [0.1, 0.15) is 5.92 Å². The number of hydroxylamine groups is 1. The zero-order valence-corrected chi connectivity index (χ0v) is 17.3. The molecule has 2 heterocycles. The van der Waals surface area contributed by atoms with Crippen LogP contribution in [-0.4, -0.2) is 22.8 Å². The van der Waals surface area contributed by atoms with Gasteiger partial charge in [-0.15, -0.1) is 0 Å². The summed E-state index contributed by atoms with van der Waals surface area (Å²) >= 11 is 6.48. The fraction of sp³-hybridized carbons (Fsp3) is 0.130. The number of hydrogen-bond donors (Lipinski definition) is 0. The number of anilines is 2. The summed E-state index contributed by atoms with van der Waals surface area (Å²) in [6.45, 7) is 0. The molecule has 0 aliphatic carbocycles. The minimum absolute atomic E-state index is 0.131. The third-order valence-electron chi connectivity index (χ3n) is 5.67. The molecule has 0 aromatic heterocycles. The normalized spacial score (nSPS) is 22.3. The van der Waals surface area contributed by atoms with Gasteiger partial charge >= 0.3 is 0 Å². The van der Waals surface area contributed by atoms with Crippen LogP contribution in [-0.2, 0) is 14.4 Å². The molecule has 32 heavy (non-hydrogen) atoms. The number of carbonyl (C=O) groups excluding carboxylic acids is 2. The molecule has 0 bridgehead atoms. The molecule has 0 spiro atoms. The molecule has 3 atom stereocenters. The third-order valence-corrected chi connectivity index (χ3v) is 6.01. The van der Waals surface area contributed by atoms with E-state index in [0.29, 0.717) is 16.3 Å². The summed E-state index contributed by atoms with van der Waals surface area (Å²) in [5.74, 6) is -1.81. The summed E-state index contributed by atoms with van der Waals surface area (Å²) in [4.78, 5) is 44.2. The van der Waals surface area contributed by atoms with Crippen LogP contribution in [0.5, 0.6) is 0 Å². The van der Waals surface area contributed by atoms with Gasteiger partial charge in [0.05, 0.1) is 22.3 Å². The quantitative estimate of drug-likeness (QED) is 0.335. The maximum atomic E-state index is 13.5. The highest BCUT2D eigenvalue weighted by atomic mass is 35.5. The smallest absolute Gasteiger partial charge is 0.269 e. The fourth-order valence-electron chi connectivity index (χ4n) is 4.22. The first-order chi connectivity index (χ1) is 15.5. The summed E-state index contributed by atoms with van der Waals surface area (Å²) < 4.78 is 0. The minimum atomic E-state index is -1.04. The first-order valence-corrected chi connectivity index (χ1v) is 10.2. The molecule has 5 rings (SSSR count). The monoisotopic (exact) mass is 449 g/mol. The largest absolute Gasteiger partial charge is 0.273 e. The summed E-state index contributed by atoms with van der Waals surface area (Å²) in [6.07, 6.45) is -1.04. The molecule has 2 amide bonds. The number of hydrogen-bond acceptors (Lipinski definition) is 6. The molecule has 2 fully saturated rings. The molecule has 0 N–H and O–H groups in total. The zero-order chi connectivity index (χ0) is 22.4. The Bertz CT molecular complexity index is 1220. The number of para-hydroxylation sites is 1. The molecule has 2 aliphatic heterocycles. The van der Waals surface area contributed by atoms with Gasteiger partial charge in [-0.1, -0.05) is 48.0 Å². The number of rotatable bonds is 4. The van der Waals surface area contributed by atoms with Crippen LogP contribution in [0.2, 0.25) is 5.02 Å². The molecule has 8 nitrogen and oxygen atoms in total. The lowest BCUT2D eigenvalue weighted by Crippen LogP contribution is -2.37. The fourth-order valence-corrected chi connectivity index (χ4v) is 4.47. The van der Waals surface area contributed by atoms with E-state index in [2.05, 4.69) is 0 Å². The molecule has 160 valence electrons. The second-order valence-electron chi connectivity index (χ2n) is 7.46. The van der Waals surface area contributed by atoms with Crippen LogP contribution in [0.15, 0.2) is 78.9 Å². The van der Waals surface area contributed by atoms with Gasteiger partial charge in [0.25, 0.3) is 11.6 Å². The number of imide groups is 1. The van der Waals surface area contributed by atoms with E-state index in [9.17, 15) is 19.7 Å². The van der Waals surface area contributed by atoms with Crippen molar-refractivity contribution in [2.24, 2.45) is 5.92 Å². The lowest BCUT2D eigenvalue weighted by Gasteiger charge is -2.29. The second-order valence-corrected chi connectivity index (χ2v) is 7.87. The van der Waals surface area contributed by atoms with Crippen LogP contribution in [0, 0.1) is 16.0 Å². The highest BCUT2D eigenvalue weighted by Gasteiger charge is 2.60. The van der Waals surface area contributed by atoms with Crippen molar-refractivity contribution in [2.45, 2.75) is 12.1 Å². The molecule has 3 aromatic rings. The molecular weight excluding hydrogens is 434 g/mol. The van der Waals surface area contributed by atoms with Crippen molar-refractivity contribution >= 4 is 40.5 Å². The van der Waals surface area contributed by atoms with Crippen molar-refractivity contribution in [1.82, 2.24) is 0 Å². The summed E-state index contributed by atoms with van der Waals surface area (Å²) in [6, 6.07) is 21.0. The first-order valence-electron chi connectivity index (χ1n) is 9.85. The maximum absolute atomic E-state index is 13.5. The van der Waals surface area contributed by atoms with Crippen molar-refractivity contribution in [3.05, 3.63) is 99.6 Å².